The van der Waals surface area contributed by atoms with Crippen LogP contribution in [0.2, 0.25) is 0 Å². The topological polar surface area (TPSA) is 0 Å². The minimum absolute atomic E-state index is 0. The summed E-state index contributed by atoms with van der Waals surface area (Å²) in [6.45, 7) is 8.00. The summed E-state index contributed by atoms with van der Waals surface area (Å²) < 4.78 is 0. The van der Waals surface area contributed by atoms with E-state index in [2.05, 4.69) is 0 Å². The van der Waals surface area contributed by atoms with E-state index in [1.54, 1.807) is 0 Å². The van der Waals surface area contributed by atoms with Crippen LogP contribution >= 0.6 is 0 Å². The Morgan fingerprint density at radius 3 is 0.238 bits per heavy atom. The molecule has 0 saturated carbocycles. The van der Waals surface area contributed by atoms with Crippen LogP contribution in [0, 0.1) is 12.8 Å². The third-order valence-corrected chi connectivity index (χ3v) is 0. The van der Waals surface area contributed by atoms with E-state index >= 15 is 0 Å². The van der Waals surface area contributed by atoms with E-state index in [0.29, 0.717) is 0 Å². The predicted molar refractivity (Wildman–Crippen MR) is 31.3 cm³/mol. The smallest absolute Gasteiger partial charge is 0 e. The van der Waals surface area contributed by atoms with Crippen LogP contribution in [-0.4, -0.2) is 0 Å². The molecule has 15 heteroatoms. The van der Waals surface area contributed by atoms with Crippen molar-refractivity contribution in [1.82, 2.24) is 0 Å². The van der Waals surface area contributed by atoms with Crippen molar-refractivity contribution in [2.45, 2.75) is 27.7 Å². The molecule has 0 aromatic rings. The van der Waals surface area contributed by atoms with Gasteiger partial charge in [0, 0.05) is 316 Å². The van der Waals surface area contributed by atoms with Gasteiger partial charge in [-0.25, -0.2) is 0 Å². The van der Waals surface area contributed by atoms with Gasteiger partial charge >= 0.3 is 0 Å². The van der Waals surface area contributed by atoms with Crippen LogP contribution in [0.3, 0.4) is 0 Å². The molecule has 0 aromatic carbocycles. The van der Waals surface area contributed by atoms with Crippen molar-refractivity contribution in [3.05, 3.63) is 12.8 Å². The third kappa shape index (κ3) is 228. The summed E-state index contributed by atoms with van der Waals surface area (Å²) in [5, 5.41) is 0. The quantitative estimate of drug-likeness (QED) is 0.328. The largest absolute Gasteiger partial charge is 0.335 e. The first-order valence-electron chi connectivity index (χ1n) is 2.31. The van der Waals surface area contributed by atoms with Gasteiger partial charge in [0.25, 0.3) is 0 Å². The minimum atomic E-state index is 0. The molecule has 0 bridgehead atoms. The molecular weight excluding hydrogens is 2830 g/mol. The zero-order valence-corrected chi connectivity index (χ0v) is 55.3. The Morgan fingerprint density at radius 2 is 0.238 bits per heavy atom. The minimum Gasteiger partial charge on any atom is -0.335 e. The average Bonchev–Trinajstić information content (AvgIpc) is 1.39. The molecular formula is C6H14W15-2. The Morgan fingerprint density at radius 1 is 0.238 bits per heavy atom. The van der Waals surface area contributed by atoms with Crippen molar-refractivity contribution in [2.24, 2.45) is 0 Å². The fourth-order valence-corrected chi connectivity index (χ4v) is 0. The Kier molecular flexibility index (Phi) is 1150. The van der Waals surface area contributed by atoms with E-state index in [9.17, 15) is 0 Å². The second kappa shape index (κ2) is 172. The zero-order valence-electron chi connectivity index (χ0n) is 11.3. The molecule has 0 saturated heterocycles. The molecule has 0 heterocycles. The summed E-state index contributed by atoms with van der Waals surface area (Å²) >= 11 is 0. The van der Waals surface area contributed by atoms with Gasteiger partial charge in [0.05, 0.1) is 0 Å². The van der Waals surface area contributed by atoms with Gasteiger partial charge in [-0.05, 0) is 0 Å². The first kappa shape index (κ1) is 140. The van der Waals surface area contributed by atoms with Crippen molar-refractivity contribution in [3.63, 3.8) is 0 Å². The predicted octanol–water partition coefficient (Wildman–Crippen LogP) is 2.42. The number of hydrogen-bond donors (Lipinski definition) is 0. The molecule has 0 aliphatic rings. The fourth-order valence-electron chi connectivity index (χ4n) is 0. The summed E-state index contributed by atoms with van der Waals surface area (Å²) in [6.07, 6.45) is 4.00. The van der Waals surface area contributed by atoms with Crippen LogP contribution < -0.4 is 0 Å². The molecule has 0 unspecified atom stereocenters. The molecule has 0 radical (unpaired) electrons. The molecule has 0 rings (SSSR count). The summed E-state index contributed by atoms with van der Waals surface area (Å²) in [5.41, 5.74) is 0. The Hall–Kier alpha value is 10.3. The average molecular weight is 2840 g/mol. The maximum Gasteiger partial charge on any atom is 0 e. The van der Waals surface area contributed by atoms with Gasteiger partial charge in [0.1, 0.15) is 0 Å². The maximum atomic E-state index is 2.00. The second-order valence-electron chi connectivity index (χ2n) is 1.15. The first-order valence-corrected chi connectivity index (χ1v) is 2.31. The molecule has 0 nitrogen and oxygen atoms in total. The summed E-state index contributed by atoms with van der Waals surface area (Å²) in [4.78, 5) is 0. The monoisotopic (exact) mass is 2850 g/mol. The Labute approximate surface area is 347 Å². The van der Waals surface area contributed by atoms with Gasteiger partial charge in [-0.15, -0.1) is 0 Å². The zero-order chi connectivity index (χ0) is 5.41. The van der Waals surface area contributed by atoms with Crippen molar-refractivity contribution < 1.29 is 316 Å². The van der Waals surface area contributed by atoms with Gasteiger partial charge in [0.2, 0.25) is 0 Å². The van der Waals surface area contributed by atoms with Crippen LogP contribution in [0.4, 0.5) is 0 Å². The molecule has 21 heavy (non-hydrogen) atoms. The molecule has 0 spiro atoms. The third-order valence-electron chi connectivity index (χ3n) is 0. The number of rotatable bonds is 0. The van der Waals surface area contributed by atoms with Crippen molar-refractivity contribution in [1.29, 1.82) is 0 Å². The van der Waals surface area contributed by atoms with Crippen molar-refractivity contribution >= 4 is 0 Å². The van der Waals surface area contributed by atoms with Crippen LogP contribution in [-0.2, 0) is 316 Å². The van der Waals surface area contributed by atoms with Crippen molar-refractivity contribution in [2.75, 3.05) is 0 Å². The maximum absolute atomic E-state index is 2.00. The van der Waals surface area contributed by atoms with Gasteiger partial charge < -0.3 is 12.8 Å². The van der Waals surface area contributed by atoms with Crippen LogP contribution in [0.1, 0.15) is 27.7 Å². The van der Waals surface area contributed by atoms with Gasteiger partial charge in [0.15, 0.2) is 0 Å². The van der Waals surface area contributed by atoms with E-state index in [1.165, 1.54) is 0 Å². The second-order valence-corrected chi connectivity index (χ2v) is 1.15. The van der Waals surface area contributed by atoms with Gasteiger partial charge in [-0.1, -0.05) is 0 Å². The van der Waals surface area contributed by atoms with Gasteiger partial charge in [-0.3, -0.25) is 0 Å². The van der Waals surface area contributed by atoms with Gasteiger partial charge in [-0.2, -0.15) is 27.7 Å². The molecule has 0 aromatic heterocycles. The summed E-state index contributed by atoms with van der Waals surface area (Å²) in [6, 6.07) is 0. The summed E-state index contributed by atoms with van der Waals surface area (Å²) in [5.74, 6) is 0. The molecule has 0 fully saturated rings. The van der Waals surface area contributed by atoms with E-state index in [1.807, 2.05) is 40.5 Å². The van der Waals surface area contributed by atoms with E-state index in [0.717, 1.165) is 0 Å². The molecule has 0 aliphatic carbocycles. The Bertz CT molecular complexity index is 20.1. The molecule has 0 aliphatic heterocycles. The standard InChI is InChI=1S/2C3H7.15W/c2*1-3-2;;;;;;;;;;;;;;;/h2*3H,1-2H3;;;;;;;;;;;;;;;/q2*-1;;;;;;;;;;;;;;;. The number of hydrogen-bond acceptors (Lipinski definition) is 0. The van der Waals surface area contributed by atoms with E-state index < -0.39 is 0 Å². The van der Waals surface area contributed by atoms with Crippen LogP contribution in [0.25, 0.3) is 0 Å². The van der Waals surface area contributed by atoms with E-state index in [4.69, 9.17) is 0 Å². The van der Waals surface area contributed by atoms with Crippen LogP contribution in [0.15, 0.2) is 0 Å². The fraction of sp³-hybridized carbons (Fsp3) is 0.667. The molecule has 0 atom stereocenters. The SMILES string of the molecule is C[CH-]C.C[CH-]C.[W].[W].[W].[W].[W].[W].[W].[W].[W].[W].[W].[W].[W].[W].[W]. The van der Waals surface area contributed by atoms with Crippen molar-refractivity contribution in [3.8, 4) is 0 Å². The van der Waals surface area contributed by atoms with E-state index in [-0.39, 0.29) is 316 Å². The molecule has 0 amide bonds. The normalized spacial score (nSPS) is 1.71. The molecule has 130 valence electrons. The Balaban J connectivity index is -0.000000000593. The van der Waals surface area contributed by atoms with Crippen LogP contribution in [0.5, 0.6) is 0 Å². The summed E-state index contributed by atoms with van der Waals surface area (Å²) in [7, 11) is 0. The first-order chi connectivity index (χ1) is 2.83. The molecule has 0 N–H and O–H groups in total.